The molecule has 1 aliphatic rings. The van der Waals surface area contributed by atoms with Gasteiger partial charge >= 0.3 is 7.05 Å². The predicted octanol–water partition coefficient (Wildman–Crippen LogP) is 8.10. The minimum Gasteiger partial charge on any atom is -0.536 e. The number of fused-ring (bicyclic) bond motifs is 1. The molecule has 3 nitrogen and oxygen atoms in total. The van der Waals surface area contributed by atoms with Crippen molar-refractivity contribution in [2.24, 2.45) is 4.90 Å². The quantitative estimate of drug-likeness (QED) is 0.199. The van der Waals surface area contributed by atoms with Crippen molar-refractivity contribution in [1.29, 1.82) is 0 Å². The van der Waals surface area contributed by atoms with Gasteiger partial charge in [-0.05, 0) is 82.7 Å². The summed E-state index contributed by atoms with van der Waals surface area (Å²) in [4.78, 5) is 7.47. The van der Waals surface area contributed by atoms with Gasteiger partial charge < -0.3 is 9.55 Å². The number of benzene rings is 4. The maximum atomic E-state index is 6.57. The van der Waals surface area contributed by atoms with E-state index in [1.54, 1.807) is 0 Å². The van der Waals surface area contributed by atoms with Crippen molar-refractivity contribution >= 4 is 35.3 Å². The number of rotatable bonds is 6. The van der Waals surface area contributed by atoms with E-state index in [9.17, 15) is 0 Å². The first-order chi connectivity index (χ1) is 18.4. The third-order valence-corrected chi connectivity index (χ3v) is 6.79. The fourth-order valence-electron chi connectivity index (χ4n) is 4.88. The smallest absolute Gasteiger partial charge is 0.536 e. The van der Waals surface area contributed by atoms with Crippen LogP contribution in [0.25, 0.3) is 0 Å². The highest BCUT2D eigenvalue weighted by atomic mass is 16.4. The fraction of sp³-hybridized carbons (Fsp3) is 0.147. The van der Waals surface area contributed by atoms with Crippen LogP contribution in [-0.4, -0.2) is 12.8 Å². The number of para-hydroxylation sites is 1. The normalized spacial score (nSPS) is 13.0. The summed E-state index contributed by atoms with van der Waals surface area (Å²) in [7, 11) is -0.483. The molecule has 5 rings (SSSR count). The summed E-state index contributed by atoms with van der Waals surface area (Å²) >= 11 is 0. The SMILES string of the molecule is C/C=C\C=C/C1=NB(c2cc(C)ccc2N(c2ccc(C)cc2)c2ccc(C)cc2C)Oc2ccccc21. The number of hydrogen-bond donors (Lipinski definition) is 0. The zero-order valence-electron chi connectivity index (χ0n) is 22.8. The second kappa shape index (κ2) is 11.0. The first-order valence-corrected chi connectivity index (χ1v) is 13.1. The van der Waals surface area contributed by atoms with Crippen LogP contribution in [0.5, 0.6) is 5.75 Å². The molecular weight excluding hydrogens is 463 g/mol. The number of aryl methyl sites for hydroxylation is 4. The highest BCUT2D eigenvalue weighted by Gasteiger charge is 2.32. The van der Waals surface area contributed by atoms with Crippen molar-refractivity contribution in [3.63, 3.8) is 0 Å². The summed E-state index contributed by atoms with van der Waals surface area (Å²) in [5, 5.41) is 0. The molecule has 0 unspecified atom stereocenters. The molecule has 0 fully saturated rings. The molecule has 1 aliphatic heterocycles. The maximum Gasteiger partial charge on any atom is 0.540 e. The van der Waals surface area contributed by atoms with Crippen molar-refractivity contribution in [3.8, 4) is 5.75 Å². The Kier molecular flexibility index (Phi) is 7.32. The molecule has 0 saturated carbocycles. The van der Waals surface area contributed by atoms with Gasteiger partial charge in [-0.3, -0.25) is 4.90 Å². The minimum absolute atomic E-state index is 0.483. The molecule has 4 aromatic rings. The Morgan fingerprint density at radius 2 is 1.42 bits per heavy atom. The standard InChI is InChI=1S/C34H33BN2O/c1-6-7-8-12-31-29-11-9-10-13-34(29)38-35(36-31)30-23-26(4)17-21-33(30)37(28-18-14-24(2)15-19-28)32-20-16-25(3)22-27(32)5/h6-23H,1-5H3/b7-6-,12-8-. The van der Waals surface area contributed by atoms with Gasteiger partial charge in [0.15, 0.2) is 0 Å². The van der Waals surface area contributed by atoms with E-state index in [4.69, 9.17) is 9.56 Å². The van der Waals surface area contributed by atoms with Crippen molar-refractivity contribution in [2.75, 3.05) is 4.90 Å². The highest BCUT2D eigenvalue weighted by Crippen LogP contribution is 2.37. The summed E-state index contributed by atoms with van der Waals surface area (Å²) in [6, 6.07) is 30.0. The van der Waals surface area contributed by atoms with Gasteiger partial charge in [0.25, 0.3) is 0 Å². The maximum absolute atomic E-state index is 6.57. The molecule has 1 heterocycles. The molecule has 4 heteroatoms. The molecule has 0 radical (unpaired) electrons. The van der Waals surface area contributed by atoms with Gasteiger partial charge in [-0.2, -0.15) is 0 Å². The lowest BCUT2D eigenvalue weighted by Crippen LogP contribution is -2.41. The van der Waals surface area contributed by atoms with E-state index in [2.05, 4.69) is 105 Å². The van der Waals surface area contributed by atoms with Crippen LogP contribution in [0.4, 0.5) is 17.1 Å². The van der Waals surface area contributed by atoms with Crippen LogP contribution in [0.1, 0.15) is 34.7 Å². The summed E-state index contributed by atoms with van der Waals surface area (Å²) < 4.78 is 6.57. The Balaban J connectivity index is 1.71. The van der Waals surface area contributed by atoms with E-state index in [1.807, 2.05) is 43.4 Å². The zero-order chi connectivity index (χ0) is 26.6. The van der Waals surface area contributed by atoms with Crippen molar-refractivity contribution in [2.45, 2.75) is 34.6 Å². The molecule has 0 aliphatic carbocycles. The van der Waals surface area contributed by atoms with Crippen LogP contribution < -0.4 is 15.0 Å². The number of anilines is 3. The molecule has 0 saturated heterocycles. The largest absolute Gasteiger partial charge is 0.540 e. The lowest BCUT2D eigenvalue weighted by molar-refractivity contribution is 0.575. The third kappa shape index (κ3) is 5.21. The van der Waals surface area contributed by atoms with E-state index in [0.717, 1.165) is 45.1 Å². The Labute approximate surface area is 227 Å². The number of nitrogens with zero attached hydrogens (tertiary/aromatic N) is 2. The summed E-state index contributed by atoms with van der Waals surface area (Å²) in [5.41, 5.74) is 11.1. The highest BCUT2D eigenvalue weighted by molar-refractivity contribution is 6.70. The predicted molar refractivity (Wildman–Crippen MR) is 163 cm³/mol. The molecule has 0 spiro atoms. The molecule has 0 amide bonds. The Morgan fingerprint density at radius 3 is 2.16 bits per heavy atom. The lowest BCUT2D eigenvalue weighted by Gasteiger charge is -2.31. The Morgan fingerprint density at radius 1 is 0.737 bits per heavy atom. The molecule has 188 valence electrons. The first kappa shape index (κ1) is 25.3. The lowest BCUT2D eigenvalue weighted by atomic mass is 9.70. The molecule has 0 atom stereocenters. The monoisotopic (exact) mass is 496 g/mol. The summed E-state index contributed by atoms with van der Waals surface area (Å²) in [6.07, 6.45) is 8.13. The molecule has 0 aromatic heterocycles. The van der Waals surface area contributed by atoms with Gasteiger partial charge in [0.2, 0.25) is 0 Å². The fourth-order valence-corrected chi connectivity index (χ4v) is 4.88. The minimum atomic E-state index is -0.483. The molecule has 0 bridgehead atoms. The third-order valence-electron chi connectivity index (χ3n) is 6.79. The van der Waals surface area contributed by atoms with Crippen LogP contribution in [0.15, 0.2) is 114 Å². The van der Waals surface area contributed by atoms with Gasteiger partial charge in [-0.1, -0.05) is 83.4 Å². The van der Waals surface area contributed by atoms with Crippen molar-refractivity contribution in [3.05, 3.63) is 137 Å². The molecule has 4 aromatic carbocycles. The average Bonchev–Trinajstić information content (AvgIpc) is 2.91. The Hall–Kier alpha value is -4.31. The zero-order valence-corrected chi connectivity index (χ0v) is 22.8. The van der Waals surface area contributed by atoms with E-state index in [-0.39, 0.29) is 0 Å². The molecule has 38 heavy (non-hydrogen) atoms. The van der Waals surface area contributed by atoms with E-state index in [1.165, 1.54) is 16.7 Å². The van der Waals surface area contributed by atoms with E-state index >= 15 is 0 Å². The second-order valence-corrected chi connectivity index (χ2v) is 9.89. The molecule has 0 N–H and O–H groups in total. The van der Waals surface area contributed by atoms with Gasteiger partial charge in [0, 0.05) is 28.1 Å². The van der Waals surface area contributed by atoms with Crippen molar-refractivity contribution < 1.29 is 4.65 Å². The topological polar surface area (TPSA) is 24.8 Å². The Bertz CT molecular complexity index is 1550. The van der Waals surface area contributed by atoms with Crippen LogP contribution in [0.3, 0.4) is 0 Å². The number of hydrogen-bond acceptors (Lipinski definition) is 3. The summed E-state index contributed by atoms with van der Waals surface area (Å²) in [6.45, 7) is 10.6. The van der Waals surface area contributed by atoms with Gasteiger partial charge in [0.1, 0.15) is 5.75 Å². The first-order valence-electron chi connectivity index (χ1n) is 13.1. The van der Waals surface area contributed by atoms with Crippen LogP contribution >= 0.6 is 0 Å². The summed E-state index contributed by atoms with van der Waals surface area (Å²) in [5.74, 6) is 0.841. The van der Waals surface area contributed by atoms with E-state index in [0.29, 0.717) is 0 Å². The average molecular weight is 496 g/mol. The van der Waals surface area contributed by atoms with Crippen LogP contribution in [-0.2, 0) is 0 Å². The van der Waals surface area contributed by atoms with Crippen LogP contribution in [0, 0.1) is 27.7 Å². The van der Waals surface area contributed by atoms with E-state index < -0.39 is 7.05 Å². The van der Waals surface area contributed by atoms with Crippen LogP contribution in [0.2, 0.25) is 0 Å². The van der Waals surface area contributed by atoms with Gasteiger partial charge in [-0.25, -0.2) is 0 Å². The second-order valence-electron chi connectivity index (χ2n) is 9.89. The molecular formula is C34H33BN2O. The number of allylic oxidation sites excluding steroid dienone is 4. The van der Waals surface area contributed by atoms with Gasteiger partial charge in [-0.15, -0.1) is 0 Å². The van der Waals surface area contributed by atoms with Crippen molar-refractivity contribution in [1.82, 2.24) is 0 Å². The van der Waals surface area contributed by atoms with Gasteiger partial charge in [0.05, 0.1) is 5.71 Å².